The highest BCUT2D eigenvalue weighted by atomic mass is 19.4. The van der Waals surface area contributed by atoms with Crippen LogP contribution in [0.15, 0.2) is 51.9 Å². The molecule has 210 valence electrons. The Morgan fingerprint density at radius 2 is 1.68 bits per heavy atom. The van der Waals surface area contributed by atoms with Gasteiger partial charge in [-0.1, -0.05) is 11.2 Å². The molecule has 0 amide bonds. The van der Waals surface area contributed by atoms with E-state index in [4.69, 9.17) is 0 Å². The molecule has 5 rings (SSSR count). The van der Waals surface area contributed by atoms with E-state index in [0.29, 0.717) is 25.7 Å². The van der Waals surface area contributed by atoms with Crippen molar-refractivity contribution >= 4 is 0 Å². The second kappa shape index (κ2) is 10.8. The molecule has 0 spiro atoms. The van der Waals surface area contributed by atoms with Gasteiger partial charge < -0.3 is 4.52 Å². The number of hydrogen-bond acceptors (Lipinski definition) is 6. The first kappa shape index (κ1) is 27.5. The van der Waals surface area contributed by atoms with Gasteiger partial charge >= 0.3 is 12.6 Å². The van der Waals surface area contributed by atoms with Crippen molar-refractivity contribution in [3.8, 4) is 11.5 Å². The van der Waals surface area contributed by atoms with Crippen molar-refractivity contribution in [3.05, 3.63) is 92.9 Å². The zero-order valence-corrected chi connectivity index (χ0v) is 20.5. The molecule has 3 aromatic heterocycles. The van der Waals surface area contributed by atoms with E-state index in [9.17, 15) is 35.5 Å². The molecule has 0 atom stereocenters. The molecule has 1 aliphatic rings. The van der Waals surface area contributed by atoms with Gasteiger partial charge in [0.15, 0.2) is 0 Å². The van der Waals surface area contributed by atoms with Crippen LogP contribution in [0.2, 0.25) is 0 Å². The molecule has 14 heteroatoms. The zero-order chi connectivity index (χ0) is 28.6. The molecule has 1 saturated carbocycles. The predicted molar refractivity (Wildman–Crippen MR) is 125 cm³/mol. The second-order valence-corrected chi connectivity index (χ2v) is 9.38. The molecular formula is C26H20F7N5O2. The summed E-state index contributed by atoms with van der Waals surface area (Å²) in [6.07, 6.45) is -5.40. The Labute approximate surface area is 221 Å². The van der Waals surface area contributed by atoms with Crippen molar-refractivity contribution in [2.75, 3.05) is 0 Å². The Bertz CT molecular complexity index is 1560. The molecule has 0 bridgehead atoms. The molecule has 0 aliphatic heterocycles. The quantitative estimate of drug-likeness (QED) is 0.250. The van der Waals surface area contributed by atoms with E-state index in [2.05, 4.69) is 24.7 Å². The molecule has 3 heterocycles. The van der Waals surface area contributed by atoms with E-state index in [-0.39, 0.29) is 22.6 Å². The highest BCUT2D eigenvalue weighted by molar-refractivity contribution is 5.49. The maximum Gasteiger partial charge on any atom is 0.418 e. The Balaban J connectivity index is 1.52. The summed E-state index contributed by atoms with van der Waals surface area (Å²) in [7, 11) is 0. The van der Waals surface area contributed by atoms with Gasteiger partial charge in [-0.3, -0.25) is 9.78 Å². The molecule has 0 N–H and O–H groups in total. The number of rotatable bonds is 6. The third-order valence-electron chi connectivity index (χ3n) is 6.93. The van der Waals surface area contributed by atoms with Crippen LogP contribution in [0.25, 0.3) is 11.5 Å². The van der Waals surface area contributed by atoms with E-state index >= 15 is 0 Å². The smallest absolute Gasteiger partial charge is 0.333 e. The van der Waals surface area contributed by atoms with Gasteiger partial charge in [0.25, 0.3) is 11.4 Å². The maximum atomic E-state index is 14.3. The molecule has 1 fully saturated rings. The van der Waals surface area contributed by atoms with Crippen molar-refractivity contribution in [1.82, 2.24) is 24.9 Å². The lowest BCUT2D eigenvalue weighted by molar-refractivity contribution is -0.138. The lowest BCUT2D eigenvalue weighted by atomic mass is 9.76. The van der Waals surface area contributed by atoms with Crippen LogP contribution in [-0.2, 0) is 12.7 Å². The molecule has 0 radical (unpaired) electrons. The summed E-state index contributed by atoms with van der Waals surface area (Å²) in [5.74, 6) is -3.61. The lowest BCUT2D eigenvalue weighted by Gasteiger charge is -2.29. The first-order valence-electron chi connectivity index (χ1n) is 12.2. The van der Waals surface area contributed by atoms with Crippen molar-refractivity contribution in [2.45, 2.75) is 56.7 Å². The normalized spacial score (nSPS) is 17.9. The summed E-state index contributed by atoms with van der Waals surface area (Å²) in [6.45, 7) is -0.676. The van der Waals surface area contributed by atoms with E-state index < -0.39 is 65.3 Å². The SMILES string of the molecule is O=c1c(C2CCC(c3c(F)cccc3F)CC2)cc(-c2noc(C(F)F)n2)nn1Cc1ncccc1C(F)(F)F. The van der Waals surface area contributed by atoms with Gasteiger partial charge in [0.2, 0.25) is 5.82 Å². The van der Waals surface area contributed by atoms with Crippen LogP contribution in [0.4, 0.5) is 30.7 Å². The van der Waals surface area contributed by atoms with Gasteiger partial charge in [0.05, 0.1) is 17.8 Å². The standard InChI is InChI=1S/C26H20F7N5O2/c27-17-4-1-5-18(28)21(17)14-8-6-13(7-9-14)15-11-19(23-35-24(22(29)30)40-37-23)36-38(25(15)39)12-20-16(26(31,32)33)3-2-10-34-20/h1-5,10-11,13-14,22H,6-9,12H2. The molecular weight excluding hydrogens is 547 g/mol. The van der Waals surface area contributed by atoms with Crippen molar-refractivity contribution in [3.63, 3.8) is 0 Å². The van der Waals surface area contributed by atoms with Crippen LogP contribution in [0.3, 0.4) is 0 Å². The Kier molecular flexibility index (Phi) is 7.43. The van der Waals surface area contributed by atoms with Gasteiger partial charge in [-0.05, 0) is 67.9 Å². The fraction of sp³-hybridized carbons (Fsp3) is 0.346. The first-order chi connectivity index (χ1) is 19.0. The van der Waals surface area contributed by atoms with Gasteiger partial charge in [-0.15, -0.1) is 0 Å². The predicted octanol–water partition coefficient (Wildman–Crippen LogP) is 6.41. The largest absolute Gasteiger partial charge is 0.418 e. The minimum Gasteiger partial charge on any atom is -0.333 e. The van der Waals surface area contributed by atoms with Crippen LogP contribution >= 0.6 is 0 Å². The van der Waals surface area contributed by atoms with Crippen LogP contribution < -0.4 is 5.56 Å². The van der Waals surface area contributed by atoms with E-state index in [1.807, 2.05) is 0 Å². The van der Waals surface area contributed by atoms with E-state index in [0.717, 1.165) is 23.0 Å². The number of alkyl halides is 5. The highest BCUT2D eigenvalue weighted by Gasteiger charge is 2.35. The highest BCUT2D eigenvalue weighted by Crippen LogP contribution is 2.41. The average molecular weight is 567 g/mol. The van der Waals surface area contributed by atoms with Gasteiger partial charge in [-0.2, -0.15) is 32.0 Å². The minimum absolute atomic E-state index is 0.0325. The molecule has 1 aliphatic carbocycles. The third-order valence-corrected chi connectivity index (χ3v) is 6.93. The van der Waals surface area contributed by atoms with Crippen LogP contribution in [0, 0.1) is 11.6 Å². The Morgan fingerprint density at radius 3 is 2.30 bits per heavy atom. The van der Waals surface area contributed by atoms with Gasteiger partial charge in [-0.25, -0.2) is 13.5 Å². The van der Waals surface area contributed by atoms with Crippen molar-refractivity contribution in [2.24, 2.45) is 0 Å². The van der Waals surface area contributed by atoms with Crippen molar-refractivity contribution < 1.29 is 35.3 Å². The summed E-state index contributed by atoms with van der Waals surface area (Å²) in [6, 6.07) is 6.82. The lowest BCUT2D eigenvalue weighted by Crippen LogP contribution is -2.31. The zero-order valence-electron chi connectivity index (χ0n) is 20.5. The molecule has 40 heavy (non-hydrogen) atoms. The van der Waals surface area contributed by atoms with Gasteiger partial charge in [0, 0.05) is 17.3 Å². The number of aromatic nitrogens is 5. The molecule has 4 aromatic rings. The number of nitrogens with zero attached hydrogens (tertiary/aromatic N) is 5. The number of pyridine rings is 1. The summed E-state index contributed by atoms with van der Waals surface area (Å²) in [5.41, 5.74) is -2.34. The number of hydrogen-bond donors (Lipinski definition) is 0. The molecule has 7 nitrogen and oxygen atoms in total. The fourth-order valence-electron chi connectivity index (χ4n) is 5.06. The summed E-state index contributed by atoms with van der Waals surface area (Å²) in [4.78, 5) is 20.8. The first-order valence-corrected chi connectivity index (χ1v) is 12.2. The summed E-state index contributed by atoms with van der Waals surface area (Å²) in [5, 5.41) is 7.52. The topological polar surface area (TPSA) is 86.7 Å². The fourth-order valence-corrected chi connectivity index (χ4v) is 5.06. The number of halogens is 7. The monoisotopic (exact) mass is 567 g/mol. The minimum atomic E-state index is -4.76. The van der Waals surface area contributed by atoms with Crippen LogP contribution in [-0.4, -0.2) is 24.9 Å². The Morgan fingerprint density at radius 1 is 1.00 bits per heavy atom. The van der Waals surface area contributed by atoms with Crippen LogP contribution in [0.5, 0.6) is 0 Å². The van der Waals surface area contributed by atoms with E-state index in [1.54, 1.807) is 0 Å². The molecule has 0 saturated heterocycles. The van der Waals surface area contributed by atoms with E-state index in [1.165, 1.54) is 24.3 Å². The summed E-state index contributed by atoms with van der Waals surface area (Å²) >= 11 is 0. The second-order valence-electron chi connectivity index (χ2n) is 9.38. The molecule has 1 aromatic carbocycles. The van der Waals surface area contributed by atoms with Crippen LogP contribution in [0.1, 0.15) is 72.2 Å². The van der Waals surface area contributed by atoms with Gasteiger partial charge in [0.1, 0.15) is 17.3 Å². The number of benzene rings is 1. The van der Waals surface area contributed by atoms with Crippen molar-refractivity contribution in [1.29, 1.82) is 0 Å². The average Bonchev–Trinajstić information content (AvgIpc) is 3.41. The third kappa shape index (κ3) is 5.47. The summed E-state index contributed by atoms with van der Waals surface area (Å²) < 4.78 is 101. The molecule has 0 unspecified atom stereocenters. The maximum absolute atomic E-state index is 14.3. The Hall–Kier alpha value is -4.10.